The number of β-lactam (4-membered cyclic amide) rings is 1. The van der Waals surface area contributed by atoms with Crippen LogP contribution in [0.5, 0.6) is 0 Å². The van der Waals surface area contributed by atoms with E-state index in [-0.39, 0.29) is 30.9 Å². The molecule has 1 atom stereocenters. The van der Waals surface area contributed by atoms with Crippen LogP contribution in [0.1, 0.15) is 12.0 Å². The number of allylic oxidation sites excluding steroid dienone is 1. The largest absolute Gasteiger partial charge is 0.467 e. The summed E-state index contributed by atoms with van der Waals surface area (Å²) in [6.07, 6.45) is 1.33. The highest BCUT2D eigenvalue weighted by Gasteiger charge is 2.49. The van der Waals surface area contributed by atoms with Crippen molar-refractivity contribution in [1.29, 1.82) is 0 Å². The van der Waals surface area contributed by atoms with Crippen LogP contribution in [-0.4, -0.2) is 23.0 Å². The predicted octanol–water partition coefficient (Wildman–Crippen LogP) is 1.72. The SMILES string of the molecule is C=CC1=C(C(=O)OCc2ccccc2)N2C(=O)CC2O1. The van der Waals surface area contributed by atoms with Crippen LogP contribution >= 0.6 is 0 Å². The molecule has 1 amide bonds. The molecule has 0 aliphatic carbocycles. The molecule has 1 fully saturated rings. The zero-order valence-electron chi connectivity index (χ0n) is 10.7. The maximum absolute atomic E-state index is 12.1. The average molecular weight is 271 g/mol. The third-order valence-electron chi connectivity index (χ3n) is 3.23. The van der Waals surface area contributed by atoms with Crippen molar-refractivity contribution in [3.63, 3.8) is 0 Å². The Balaban J connectivity index is 1.73. The van der Waals surface area contributed by atoms with Gasteiger partial charge in [0.05, 0.1) is 6.42 Å². The Hall–Kier alpha value is -2.56. The van der Waals surface area contributed by atoms with Crippen molar-refractivity contribution in [3.8, 4) is 0 Å². The number of rotatable bonds is 4. The molecule has 3 rings (SSSR count). The van der Waals surface area contributed by atoms with Crippen LogP contribution in [0.4, 0.5) is 0 Å². The fraction of sp³-hybridized carbons (Fsp3) is 0.200. The number of carbonyl (C=O) groups is 2. The molecule has 1 aromatic carbocycles. The number of hydrogen-bond donors (Lipinski definition) is 0. The molecule has 102 valence electrons. The van der Waals surface area contributed by atoms with Crippen molar-refractivity contribution in [2.24, 2.45) is 0 Å². The predicted molar refractivity (Wildman–Crippen MR) is 69.8 cm³/mol. The summed E-state index contributed by atoms with van der Waals surface area (Å²) in [6, 6.07) is 9.34. The summed E-state index contributed by atoms with van der Waals surface area (Å²) in [4.78, 5) is 25.0. The van der Waals surface area contributed by atoms with E-state index in [9.17, 15) is 9.59 Å². The molecule has 0 saturated carbocycles. The summed E-state index contributed by atoms with van der Waals surface area (Å²) >= 11 is 0. The van der Waals surface area contributed by atoms with Crippen LogP contribution in [0.15, 0.2) is 54.4 Å². The molecule has 1 unspecified atom stereocenters. The van der Waals surface area contributed by atoms with Gasteiger partial charge in [-0.05, 0) is 11.6 Å². The van der Waals surface area contributed by atoms with E-state index < -0.39 is 5.97 Å². The van der Waals surface area contributed by atoms with Gasteiger partial charge in [0.25, 0.3) is 0 Å². The number of amides is 1. The van der Waals surface area contributed by atoms with E-state index in [0.29, 0.717) is 5.76 Å². The number of nitrogens with zero attached hydrogens (tertiary/aromatic N) is 1. The molecule has 1 saturated heterocycles. The van der Waals surface area contributed by atoms with Crippen molar-refractivity contribution in [2.45, 2.75) is 19.3 Å². The molecule has 2 aliphatic heterocycles. The molecule has 0 aromatic heterocycles. The van der Waals surface area contributed by atoms with Crippen molar-refractivity contribution < 1.29 is 19.1 Å². The Morgan fingerprint density at radius 3 is 2.85 bits per heavy atom. The summed E-state index contributed by atoms with van der Waals surface area (Å²) in [5, 5.41) is 0. The first-order valence-electron chi connectivity index (χ1n) is 6.27. The standard InChI is InChI=1S/C15H13NO4/c1-2-11-14(16-12(17)8-13(16)20-11)15(18)19-9-10-6-4-3-5-7-10/h2-7,13H,1,8-9H2. The maximum atomic E-state index is 12.1. The quantitative estimate of drug-likeness (QED) is 0.618. The average Bonchev–Trinajstić information content (AvgIpc) is 2.78. The van der Waals surface area contributed by atoms with Gasteiger partial charge in [0.2, 0.25) is 5.91 Å². The lowest BCUT2D eigenvalue weighted by Crippen LogP contribution is -2.50. The van der Waals surface area contributed by atoms with Gasteiger partial charge in [-0.2, -0.15) is 0 Å². The summed E-state index contributed by atoms with van der Waals surface area (Å²) in [6.45, 7) is 3.74. The molecule has 1 aromatic rings. The molecule has 2 aliphatic rings. The first-order valence-corrected chi connectivity index (χ1v) is 6.27. The number of carbonyl (C=O) groups excluding carboxylic acids is 2. The molecule has 0 bridgehead atoms. The van der Waals surface area contributed by atoms with Gasteiger partial charge in [-0.15, -0.1) is 0 Å². The lowest BCUT2D eigenvalue weighted by Gasteiger charge is -2.33. The van der Waals surface area contributed by atoms with Crippen molar-refractivity contribution in [3.05, 3.63) is 60.0 Å². The Morgan fingerprint density at radius 1 is 1.45 bits per heavy atom. The van der Waals surface area contributed by atoms with Crippen LogP contribution in [0, 0.1) is 0 Å². The molecule has 5 nitrogen and oxygen atoms in total. The number of ether oxygens (including phenoxy) is 2. The summed E-state index contributed by atoms with van der Waals surface area (Å²) in [7, 11) is 0. The summed E-state index contributed by atoms with van der Waals surface area (Å²) < 4.78 is 10.7. The monoisotopic (exact) mass is 271 g/mol. The molecule has 2 heterocycles. The van der Waals surface area contributed by atoms with Gasteiger partial charge in [0, 0.05) is 0 Å². The minimum Gasteiger partial charge on any atom is -0.467 e. The van der Waals surface area contributed by atoms with E-state index in [2.05, 4.69) is 6.58 Å². The second kappa shape index (κ2) is 4.85. The number of esters is 1. The van der Waals surface area contributed by atoms with Crippen molar-refractivity contribution >= 4 is 11.9 Å². The lowest BCUT2D eigenvalue weighted by atomic mass is 10.1. The maximum Gasteiger partial charge on any atom is 0.359 e. The zero-order valence-corrected chi connectivity index (χ0v) is 10.7. The van der Waals surface area contributed by atoms with E-state index in [1.54, 1.807) is 0 Å². The fourth-order valence-electron chi connectivity index (χ4n) is 2.21. The zero-order chi connectivity index (χ0) is 14.1. The molecular formula is C15H13NO4. The molecule has 5 heteroatoms. The van der Waals surface area contributed by atoms with Gasteiger partial charge in [-0.25, -0.2) is 4.79 Å². The van der Waals surface area contributed by atoms with Crippen LogP contribution in [-0.2, 0) is 25.7 Å². The lowest BCUT2D eigenvalue weighted by molar-refractivity contribution is -0.159. The van der Waals surface area contributed by atoms with Crippen molar-refractivity contribution in [2.75, 3.05) is 0 Å². The van der Waals surface area contributed by atoms with Gasteiger partial charge >= 0.3 is 5.97 Å². The molecule has 0 N–H and O–H groups in total. The Labute approximate surface area is 116 Å². The van der Waals surface area contributed by atoms with E-state index >= 15 is 0 Å². The number of hydrogen-bond acceptors (Lipinski definition) is 4. The fourth-order valence-corrected chi connectivity index (χ4v) is 2.21. The minimum absolute atomic E-state index is 0.140. The van der Waals surface area contributed by atoms with Crippen LogP contribution in [0.25, 0.3) is 0 Å². The smallest absolute Gasteiger partial charge is 0.359 e. The number of fused-ring (bicyclic) bond motifs is 1. The first-order chi connectivity index (χ1) is 9.70. The van der Waals surface area contributed by atoms with Gasteiger partial charge in [-0.3, -0.25) is 9.69 Å². The van der Waals surface area contributed by atoms with Gasteiger partial charge in [0.1, 0.15) is 6.61 Å². The van der Waals surface area contributed by atoms with Gasteiger partial charge < -0.3 is 9.47 Å². The third-order valence-corrected chi connectivity index (χ3v) is 3.23. The normalized spacial score (nSPS) is 20.1. The van der Waals surface area contributed by atoms with Crippen LogP contribution in [0.2, 0.25) is 0 Å². The van der Waals surface area contributed by atoms with Gasteiger partial charge in [0.15, 0.2) is 17.7 Å². The summed E-state index contributed by atoms with van der Waals surface area (Å²) in [5.41, 5.74) is 1.03. The topological polar surface area (TPSA) is 55.8 Å². The highest BCUT2D eigenvalue weighted by Crippen LogP contribution is 2.36. The highest BCUT2D eigenvalue weighted by atomic mass is 16.6. The first kappa shape index (κ1) is 12.5. The Kier molecular flexibility index (Phi) is 3.02. The highest BCUT2D eigenvalue weighted by molar-refractivity contribution is 5.98. The molecular weight excluding hydrogens is 258 g/mol. The van der Waals surface area contributed by atoms with E-state index in [1.807, 2.05) is 30.3 Å². The van der Waals surface area contributed by atoms with E-state index in [1.165, 1.54) is 11.0 Å². The van der Waals surface area contributed by atoms with Gasteiger partial charge in [-0.1, -0.05) is 36.9 Å². The Bertz CT molecular complexity index is 606. The van der Waals surface area contributed by atoms with Crippen LogP contribution in [0.3, 0.4) is 0 Å². The van der Waals surface area contributed by atoms with E-state index in [0.717, 1.165) is 5.56 Å². The molecule has 0 spiro atoms. The van der Waals surface area contributed by atoms with E-state index in [4.69, 9.17) is 9.47 Å². The van der Waals surface area contributed by atoms with Crippen molar-refractivity contribution in [1.82, 2.24) is 4.90 Å². The summed E-state index contributed by atoms with van der Waals surface area (Å²) in [5.74, 6) is -0.406. The number of benzene rings is 1. The second-order valence-electron chi connectivity index (χ2n) is 4.52. The Morgan fingerprint density at radius 2 is 2.20 bits per heavy atom. The molecule has 0 radical (unpaired) electrons. The molecule has 20 heavy (non-hydrogen) atoms. The second-order valence-corrected chi connectivity index (χ2v) is 4.52. The minimum atomic E-state index is -0.570. The third kappa shape index (κ3) is 1.97. The van der Waals surface area contributed by atoms with Crippen LogP contribution < -0.4 is 0 Å².